The van der Waals surface area contributed by atoms with Crippen LogP contribution < -0.4 is 9.47 Å². The van der Waals surface area contributed by atoms with Crippen molar-refractivity contribution in [2.45, 2.75) is 45.1 Å². The third-order valence-electron chi connectivity index (χ3n) is 3.76. The maximum Gasteiger partial charge on any atom is 0.161 e. The lowest BCUT2D eigenvalue weighted by atomic mass is 9.85. The molecule has 0 radical (unpaired) electrons. The molecule has 1 N–H and O–H groups in total. The first-order valence-electron chi connectivity index (χ1n) is 7.34. The van der Waals surface area contributed by atoms with E-state index in [1.54, 1.807) is 0 Å². The van der Waals surface area contributed by atoms with Crippen molar-refractivity contribution in [2.24, 2.45) is 5.92 Å². The van der Waals surface area contributed by atoms with Crippen molar-refractivity contribution in [3.63, 3.8) is 0 Å². The van der Waals surface area contributed by atoms with Gasteiger partial charge in [-0.05, 0) is 44.2 Å². The van der Waals surface area contributed by atoms with Crippen molar-refractivity contribution in [2.75, 3.05) is 13.2 Å². The van der Waals surface area contributed by atoms with Crippen LogP contribution in [-0.4, -0.2) is 24.4 Å². The van der Waals surface area contributed by atoms with E-state index < -0.39 is 0 Å². The number of aliphatic hydroxyl groups excluding tert-OH is 1. The molecule has 0 aromatic heterocycles. The van der Waals surface area contributed by atoms with Gasteiger partial charge in [0.1, 0.15) is 0 Å². The van der Waals surface area contributed by atoms with E-state index in [-0.39, 0.29) is 6.10 Å². The van der Waals surface area contributed by atoms with Crippen molar-refractivity contribution in [1.29, 1.82) is 0 Å². The van der Waals surface area contributed by atoms with Gasteiger partial charge in [0, 0.05) is 0 Å². The molecule has 1 saturated carbocycles. The first-order chi connectivity index (χ1) is 9.31. The fourth-order valence-corrected chi connectivity index (χ4v) is 2.69. The molecule has 1 fully saturated rings. The van der Waals surface area contributed by atoms with E-state index in [0.717, 1.165) is 37.2 Å². The maximum absolute atomic E-state index is 9.92. The summed E-state index contributed by atoms with van der Waals surface area (Å²) in [6, 6.07) is 7.76. The molecule has 1 aliphatic rings. The lowest BCUT2D eigenvalue weighted by molar-refractivity contribution is 0.0570. The Hall–Kier alpha value is -1.22. The monoisotopic (exact) mass is 264 g/mol. The number of rotatable bonds is 6. The van der Waals surface area contributed by atoms with Crippen LogP contribution in [0.1, 0.15) is 39.0 Å². The van der Waals surface area contributed by atoms with Crippen LogP contribution >= 0.6 is 0 Å². The Morgan fingerprint density at radius 3 is 2.47 bits per heavy atom. The minimum atomic E-state index is -0.139. The average molecular weight is 264 g/mol. The average Bonchev–Trinajstić information content (AvgIpc) is 2.43. The number of para-hydroxylation sites is 2. The first-order valence-corrected chi connectivity index (χ1v) is 7.34. The van der Waals surface area contributed by atoms with Gasteiger partial charge in [-0.1, -0.05) is 25.0 Å². The smallest absolute Gasteiger partial charge is 0.161 e. The second-order valence-corrected chi connectivity index (χ2v) is 5.13. The minimum Gasteiger partial charge on any atom is -0.490 e. The van der Waals surface area contributed by atoms with Crippen molar-refractivity contribution in [3.05, 3.63) is 24.3 Å². The molecule has 1 aliphatic carbocycles. The summed E-state index contributed by atoms with van der Waals surface area (Å²) in [5, 5.41) is 9.92. The normalized spacial score (nSPS) is 23.1. The third kappa shape index (κ3) is 4.13. The highest BCUT2D eigenvalue weighted by atomic mass is 16.5. The van der Waals surface area contributed by atoms with Gasteiger partial charge in [-0.2, -0.15) is 0 Å². The Balaban J connectivity index is 1.81. The Labute approximate surface area is 115 Å². The maximum atomic E-state index is 9.92. The van der Waals surface area contributed by atoms with Gasteiger partial charge in [-0.3, -0.25) is 0 Å². The fourth-order valence-electron chi connectivity index (χ4n) is 2.69. The molecule has 0 bridgehead atoms. The Bertz CT molecular complexity index is 378. The first kappa shape index (κ1) is 14.2. The molecule has 1 aromatic carbocycles. The van der Waals surface area contributed by atoms with Crippen molar-refractivity contribution in [1.82, 2.24) is 0 Å². The highest BCUT2D eigenvalue weighted by Crippen LogP contribution is 2.29. The van der Waals surface area contributed by atoms with Crippen LogP contribution in [0.4, 0.5) is 0 Å². The molecular formula is C16H24O3. The summed E-state index contributed by atoms with van der Waals surface area (Å²) in [6.07, 6.45) is 5.24. The Morgan fingerprint density at radius 2 is 1.79 bits per heavy atom. The zero-order valence-electron chi connectivity index (χ0n) is 11.7. The van der Waals surface area contributed by atoms with E-state index >= 15 is 0 Å². The zero-order chi connectivity index (χ0) is 13.5. The van der Waals surface area contributed by atoms with E-state index in [1.807, 2.05) is 31.2 Å². The Morgan fingerprint density at radius 1 is 1.11 bits per heavy atom. The van der Waals surface area contributed by atoms with Gasteiger partial charge in [0.15, 0.2) is 11.5 Å². The zero-order valence-corrected chi connectivity index (χ0v) is 11.7. The van der Waals surface area contributed by atoms with Crippen molar-refractivity contribution < 1.29 is 14.6 Å². The summed E-state index contributed by atoms with van der Waals surface area (Å²) in [5.41, 5.74) is 0. The van der Waals surface area contributed by atoms with Gasteiger partial charge in [0.2, 0.25) is 0 Å². The molecule has 19 heavy (non-hydrogen) atoms. The molecule has 0 amide bonds. The third-order valence-corrected chi connectivity index (χ3v) is 3.76. The van der Waals surface area contributed by atoms with Gasteiger partial charge in [-0.15, -0.1) is 0 Å². The molecule has 106 valence electrons. The fraction of sp³-hybridized carbons (Fsp3) is 0.625. The summed E-state index contributed by atoms with van der Waals surface area (Å²) >= 11 is 0. The SMILES string of the molecule is CCOc1ccccc1OCCC1CCCCC1O. The van der Waals surface area contributed by atoms with Crippen LogP contribution in [0.2, 0.25) is 0 Å². The van der Waals surface area contributed by atoms with E-state index in [4.69, 9.17) is 9.47 Å². The van der Waals surface area contributed by atoms with Crippen LogP contribution in [0.15, 0.2) is 24.3 Å². The van der Waals surface area contributed by atoms with E-state index in [9.17, 15) is 5.11 Å². The molecule has 2 rings (SSSR count). The topological polar surface area (TPSA) is 38.7 Å². The van der Waals surface area contributed by atoms with Gasteiger partial charge < -0.3 is 14.6 Å². The number of aliphatic hydroxyl groups is 1. The highest BCUT2D eigenvalue weighted by Gasteiger charge is 2.22. The van der Waals surface area contributed by atoms with E-state index in [2.05, 4.69) is 0 Å². The predicted molar refractivity (Wildman–Crippen MR) is 75.7 cm³/mol. The number of hydrogen-bond donors (Lipinski definition) is 1. The lowest BCUT2D eigenvalue weighted by Gasteiger charge is -2.27. The van der Waals surface area contributed by atoms with Crippen molar-refractivity contribution in [3.8, 4) is 11.5 Å². The summed E-state index contributed by atoms with van der Waals surface area (Å²) in [4.78, 5) is 0. The van der Waals surface area contributed by atoms with Gasteiger partial charge in [0.25, 0.3) is 0 Å². The molecule has 0 saturated heterocycles. The highest BCUT2D eigenvalue weighted by molar-refractivity contribution is 5.39. The molecular weight excluding hydrogens is 240 g/mol. The Kier molecular flexibility index (Phi) is 5.52. The molecule has 2 unspecified atom stereocenters. The molecule has 1 aromatic rings. The van der Waals surface area contributed by atoms with Crippen LogP contribution in [0.25, 0.3) is 0 Å². The minimum absolute atomic E-state index is 0.139. The quantitative estimate of drug-likeness (QED) is 0.855. The summed E-state index contributed by atoms with van der Waals surface area (Å²) in [6.45, 7) is 3.25. The van der Waals surface area contributed by atoms with Crippen molar-refractivity contribution >= 4 is 0 Å². The lowest BCUT2D eigenvalue weighted by Crippen LogP contribution is -2.25. The second kappa shape index (κ2) is 7.39. The standard InChI is InChI=1S/C16H24O3/c1-2-18-15-9-5-6-10-16(15)19-12-11-13-7-3-4-8-14(13)17/h5-6,9-10,13-14,17H,2-4,7-8,11-12H2,1H3. The van der Waals surface area contributed by atoms with E-state index in [1.165, 1.54) is 6.42 Å². The summed E-state index contributed by atoms with van der Waals surface area (Å²) in [7, 11) is 0. The van der Waals surface area contributed by atoms with Crippen LogP contribution in [-0.2, 0) is 0 Å². The van der Waals surface area contributed by atoms with Gasteiger partial charge >= 0.3 is 0 Å². The van der Waals surface area contributed by atoms with Gasteiger partial charge in [-0.25, -0.2) is 0 Å². The van der Waals surface area contributed by atoms with Gasteiger partial charge in [0.05, 0.1) is 19.3 Å². The molecule has 3 heteroatoms. The largest absolute Gasteiger partial charge is 0.490 e. The molecule has 0 aliphatic heterocycles. The summed E-state index contributed by atoms with van der Waals surface area (Å²) in [5.74, 6) is 2.00. The summed E-state index contributed by atoms with van der Waals surface area (Å²) < 4.78 is 11.3. The molecule has 3 nitrogen and oxygen atoms in total. The van der Waals surface area contributed by atoms with Crippen LogP contribution in [0.3, 0.4) is 0 Å². The van der Waals surface area contributed by atoms with Crippen LogP contribution in [0.5, 0.6) is 11.5 Å². The second-order valence-electron chi connectivity index (χ2n) is 5.13. The number of ether oxygens (including phenoxy) is 2. The predicted octanol–water partition coefficient (Wildman–Crippen LogP) is 3.41. The number of benzene rings is 1. The molecule has 0 heterocycles. The number of hydrogen-bond acceptors (Lipinski definition) is 3. The molecule has 2 atom stereocenters. The molecule has 0 spiro atoms. The van der Waals surface area contributed by atoms with E-state index in [0.29, 0.717) is 19.1 Å². The van der Waals surface area contributed by atoms with Crippen LogP contribution in [0, 0.1) is 5.92 Å².